The summed E-state index contributed by atoms with van der Waals surface area (Å²) in [5.74, 6) is -1.35. The summed E-state index contributed by atoms with van der Waals surface area (Å²) in [6.07, 6.45) is -2.11. The van der Waals surface area contributed by atoms with Gasteiger partial charge in [-0.1, -0.05) is 6.92 Å². The van der Waals surface area contributed by atoms with Gasteiger partial charge >= 0.3 is 6.18 Å². The molecule has 1 saturated carbocycles. The van der Waals surface area contributed by atoms with Crippen molar-refractivity contribution in [2.24, 2.45) is 22.4 Å². The van der Waals surface area contributed by atoms with E-state index in [0.29, 0.717) is 35.5 Å². The summed E-state index contributed by atoms with van der Waals surface area (Å²) in [6, 6.07) is 0. The summed E-state index contributed by atoms with van der Waals surface area (Å²) in [5.41, 5.74) is 11.1. The Morgan fingerprint density at radius 3 is 2.43 bits per heavy atom. The number of anilines is 1. The summed E-state index contributed by atoms with van der Waals surface area (Å²) < 4.78 is 38.9. The molecule has 1 fully saturated rings. The minimum absolute atomic E-state index is 0.0708. The van der Waals surface area contributed by atoms with E-state index in [2.05, 4.69) is 10.3 Å². The highest BCUT2D eigenvalue weighted by atomic mass is 32.1. The summed E-state index contributed by atoms with van der Waals surface area (Å²) >= 11 is 1.28. The second kappa shape index (κ2) is 9.63. The van der Waals surface area contributed by atoms with Crippen molar-refractivity contribution in [1.29, 1.82) is 0 Å². The number of nitrogens with one attached hydrogen (secondary N) is 1. The number of halogens is 3. The summed E-state index contributed by atoms with van der Waals surface area (Å²) in [7, 11) is 0. The zero-order valence-corrected chi connectivity index (χ0v) is 18.1. The van der Waals surface area contributed by atoms with E-state index in [4.69, 9.17) is 11.5 Å². The minimum atomic E-state index is -4.57. The number of hydrogen-bond acceptors (Lipinski definition) is 5. The maximum atomic E-state index is 13.0. The van der Waals surface area contributed by atoms with E-state index < -0.39 is 23.7 Å². The van der Waals surface area contributed by atoms with Gasteiger partial charge in [0.1, 0.15) is 10.7 Å². The molecule has 1 aliphatic rings. The van der Waals surface area contributed by atoms with E-state index in [1.54, 1.807) is 13.8 Å². The fraction of sp³-hybridized carbons (Fsp3) is 0.550. The van der Waals surface area contributed by atoms with Crippen LogP contribution in [0.4, 0.5) is 18.2 Å². The number of rotatable bonds is 6. The molecule has 1 aromatic heterocycles. The van der Waals surface area contributed by atoms with Crippen molar-refractivity contribution in [1.82, 2.24) is 0 Å². The molecule has 1 heterocycles. The van der Waals surface area contributed by atoms with Crippen molar-refractivity contribution in [2.75, 3.05) is 11.9 Å². The van der Waals surface area contributed by atoms with Gasteiger partial charge in [0.2, 0.25) is 5.91 Å². The van der Waals surface area contributed by atoms with Gasteiger partial charge in [-0.25, -0.2) is 0 Å². The zero-order valence-electron chi connectivity index (χ0n) is 17.3. The number of alkyl halides is 3. The fourth-order valence-electron chi connectivity index (χ4n) is 3.30. The largest absolute Gasteiger partial charge is 0.431 e. The Labute approximate surface area is 177 Å². The molecule has 2 amide bonds. The first-order valence-electron chi connectivity index (χ1n) is 9.73. The highest BCUT2D eigenvalue weighted by Gasteiger charge is 2.35. The molecule has 0 radical (unpaired) electrons. The van der Waals surface area contributed by atoms with Crippen LogP contribution in [0.25, 0.3) is 0 Å². The monoisotopic (exact) mass is 444 g/mol. The second-order valence-electron chi connectivity index (χ2n) is 7.46. The van der Waals surface area contributed by atoms with Crippen LogP contribution >= 0.6 is 11.3 Å². The third kappa shape index (κ3) is 5.62. The Morgan fingerprint density at radius 1 is 1.20 bits per heavy atom. The molecule has 1 unspecified atom stereocenters. The van der Waals surface area contributed by atoms with Gasteiger partial charge in [-0.15, -0.1) is 11.3 Å². The molecule has 0 aromatic carbocycles. The molecule has 166 valence electrons. The van der Waals surface area contributed by atoms with Crippen molar-refractivity contribution in [3.8, 4) is 0 Å². The van der Waals surface area contributed by atoms with E-state index in [9.17, 15) is 22.8 Å². The number of hydrogen-bond donors (Lipinski definition) is 3. The lowest BCUT2D eigenvalue weighted by Crippen LogP contribution is -2.26. The first-order chi connectivity index (χ1) is 13.9. The molecule has 0 saturated heterocycles. The molecule has 1 aliphatic carbocycles. The number of allylic oxidation sites excluding steroid dienone is 2. The highest BCUT2D eigenvalue weighted by molar-refractivity contribution is 7.16. The lowest BCUT2D eigenvalue weighted by atomic mass is 9.91. The molecule has 6 nitrogen and oxygen atoms in total. The standard InChI is InChI=1S/C20H27F3N4O2S/c1-10(18(29)27-19-15(17(25)28)11(2)12(3)30-19)8-9-26-14-7-5-4-6-13(14)16(24)20(21,22)23/h10H,4-9,24H2,1-3H3,(H2,25,28)(H,27,29). The molecular weight excluding hydrogens is 417 g/mol. The molecule has 5 N–H and O–H groups in total. The van der Waals surface area contributed by atoms with Crippen molar-refractivity contribution in [3.05, 3.63) is 27.3 Å². The topological polar surface area (TPSA) is 111 Å². The van der Waals surface area contributed by atoms with Crippen LogP contribution in [0, 0.1) is 19.8 Å². The number of amides is 2. The Bertz CT molecular complexity index is 887. The maximum Gasteiger partial charge on any atom is 0.431 e. The van der Waals surface area contributed by atoms with Crippen LogP contribution in [0.2, 0.25) is 0 Å². The first kappa shape index (κ1) is 23.9. The van der Waals surface area contributed by atoms with E-state index in [0.717, 1.165) is 16.9 Å². The minimum Gasteiger partial charge on any atom is -0.394 e. The van der Waals surface area contributed by atoms with E-state index >= 15 is 0 Å². The number of primary amides is 1. The maximum absolute atomic E-state index is 13.0. The number of carbonyl (C=O) groups is 2. The van der Waals surface area contributed by atoms with E-state index in [-0.39, 0.29) is 24.4 Å². The average molecular weight is 445 g/mol. The third-order valence-electron chi connectivity index (χ3n) is 5.25. The van der Waals surface area contributed by atoms with Gasteiger partial charge in [-0.3, -0.25) is 14.6 Å². The van der Waals surface area contributed by atoms with Crippen LogP contribution < -0.4 is 16.8 Å². The molecule has 0 spiro atoms. The third-order valence-corrected chi connectivity index (χ3v) is 6.37. The Kier molecular flexibility index (Phi) is 7.68. The van der Waals surface area contributed by atoms with Crippen molar-refractivity contribution in [2.45, 2.75) is 59.1 Å². The quantitative estimate of drug-likeness (QED) is 0.611. The Morgan fingerprint density at radius 2 is 1.83 bits per heavy atom. The normalized spacial score (nSPS) is 18.9. The molecule has 0 aliphatic heterocycles. The first-order valence-corrected chi connectivity index (χ1v) is 10.5. The average Bonchev–Trinajstić information content (AvgIpc) is 2.94. The number of thiophene rings is 1. The smallest absolute Gasteiger partial charge is 0.394 e. The van der Waals surface area contributed by atoms with Crippen molar-refractivity contribution in [3.63, 3.8) is 0 Å². The molecule has 0 bridgehead atoms. The predicted molar refractivity (Wildman–Crippen MR) is 113 cm³/mol. The number of carbonyl (C=O) groups excluding carboxylic acids is 2. The van der Waals surface area contributed by atoms with Gasteiger partial charge < -0.3 is 16.8 Å². The van der Waals surface area contributed by atoms with Crippen molar-refractivity contribution < 1.29 is 22.8 Å². The number of aliphatic imine (C=N–C) groups is 1. The number of aryl methyl sites for hydroxylation is 1. The molecule has 2 rings (SSSR count). The van der Waals surface area contributed by atoms with Crippen molar-refractivity contribution >= 4 is 33.9 Å². The predicted octanol–water partition coefficient (Wildman–Crippen LogP) is 4.22. The van der Waals surface area contributed by atoms with Crippen LogP contribution in [-0.2, 0) is 4.79 Å². The SMILES string of the molecule is Cc1sc(NC(=O)C(C)CCN=C2CCCCC2=C(N)C(F)(F)F)c(C(N)=O)c1C. The molecule has 10 heteroatoms. The van der Waals surface area contributed by atoms with E-state index in [1.165, 1.54) is 11.3 Å². The van der Waals surface area contributed by atoms with Crippen LogP contribution in [0.5, 0.6) is 0 Å². The Balaban J connectivity index is 2.05. The zero-order chi connectivity index (χ0) is 22.6. The van der Waals surface area contributed by atoms with Crippen LogP contribution in [0.1, 0.15) is 59.8 Å². The Hall–Kier alpha value is -2.36. The second-order valence-corrected chi connectivity index (χ2v) is 8.68. The lowest BCUT2D eigenvalue weighted by Gasteiger charge is -2.21. The highest BCUT2D eigenvalue weighted by Crippen LogP contribution is 2.33. The van der Waals surface area contributed by atoms with E-state index in [1.807, 2.05) is 6.92 Å². The van der Waals surface area contributed by atoms with Gasteiger partial charge in [0, 0.05) is 28.6 Å². The molecule has 1 atom stereocenters. The number of nitrogens with two attached hydrogens (primary N) is 2. The van der Waals surface area contributed by atoms with Gasteiger partial charge in [0.05, 0.1) is 5.56 Å². The number of nitrogens with zero attached hydrogens (tertiary/aromatic N) is 1. The fourth-order valence-corrected chi connectivity index (χ4v) is 4.36. The van der Waals surface area contributed by atoms with Crippen LogP contribution in [-0.4, -0.2) is 30.2 Å². The summed E-state index contributed by atoms with van der Waals surface area (Å²) in [4.78, 5) is 29.4. The molecule has 30 heavy (non-hydrogen) atoms. The summed E-state index contributed by atoms with van der Waals surface area (Å²) in [6.45, 7) is 5.52. The van der Waals surface area contributed by atoms with Gasteiger partial charge in [0.15, 0.2) is 0 Å². The summed E-state index contributed by atoms with van der Waals surface area (Å²) in [5, 5.41) is 3.15. The lowest BCUT2D eigenvalue weighted by molar-refractivity contribution is -0.119. The van der Waals surface area contributed by atoms with Gasteiger partial charge in [0.25, 0.3) is 5.91 Å². The molecule has 1 aromatic rings. The molecular formula is C20H27F3N4O2S. The van der Waals surface area contributed by atoms with Crippen LogP contribution in [0.3, 0.4) is 0 Å². The van der Waals surface area contributed by atoms with Gasteiger partial charge in [-0.2, -0.15) is 13.2 Å². The van der Waals surface area contributed by atoms with Gasteiger partial charge in [-0.05, 0) is 51.5 Å². The van der Waals surface area contributed by atoms with Crippen LogP contribution in [0.15, 0.2) is 16.3 Å².